The smallest absolute Gasteiger partial charge is 0.332 e. The average Bonchev–Trinajstić information content (AvgIpc) is 2.45. The number of aliphatic carboxylic acids is 1. The minimum atomic E-state index is -1.45. The Morgan fingerprint density at radius 2 is 1.85 bits per heavy atom. The number of aliphatic hydroxyl groups is 1. The number of urea groups is 1. The summed E-state index contributed by atoms with van der Waals surface area (Å²) < 4.78 is 0. The first-order valence-electron chi connectivity index (χ1n) is 6.48. The van der Waals surface area contributed by atoms with Gasteiger partial charge >= 0.3 is 12.0 Å². The van der Waals surface area contributed by atoms with E-state index in [1.165, 1.54) is 0 Å². The van der Waals surface area contributed by atoms with Crippen LogP contribution in [0.3, 0.4) is 0 Å². The first-order chi connectivity index (χ1) is 9.50. The maximum Gasteiger partial charge on any atom is 0.332 e. The van der Waals surface area contributed by atoms with Crippen LogP contribution in [0.4, 0.5) is 4.79 Å². The Morgan fingerprint density at radius 1 is 1.20 bits per heavy atom. The van der Waals surface area contributed by atoms with Gasteiger partial charge < -0.3 is 20.8 Å². The molecule has 0 bridgehead atoms. The number of carbonyl (C=O) groups excluding carboxylic acids is 1. The summed E-state index contributed by atoms with van der Waals surface area (Å²) in [7, 11) is 0. The van der Waals surface area contributed by atoms with Crippen molar-refractivity contribution in [2.75, 3.05) is 13.1 Å². The lowest BCUT2D eigenvalue weighted by molar-refractivity contribution is -0.146. The minimum absolute atomic E-state index is 0.0169. The highest BCUT2D eigenvalue weighted by Crippen LogP contribution is 2.12. The summed E-state index contributed by atoms with van der Waals surface area (Å²) in [5.41, 5.74) is 1.13. The zero-order valence-corrected chi connectivity index (χ0v) is 11.4. The van der Waals surface area contributed by atoms with E-state index in [0.29, 0.717) is 6.54 Å². The predicted octanol–water partition coefficient (Wildman–Crippen LogP) is 0.925. The fourth-order valence-corrected chi connectivity index (χ4v) is 1.65. The normalized spacial score (nSPS) is 13.3. The van der Waals surface area contributed by atoms with Crippen LogP contribution >= 0.6 is 0 Å². The summed E-state index contributed by atoms with van der Waals surface area (Å²) in [6.07, 6.45) is -1.46. The largest absolute Gasteiger partial charge is 0.479 e. The molecule has 1 rings (SSSR count). The lowest BCUT2D eigenvalue weighted by Crippen LogP contribution is -2.39. The van der Waals surface area contributed by atoms with Gasteiger partial charge in [-0.3, -0.25) is 0 Å². The van der Waals surface area contributed by atoms with Gasteiger partial charge in [0, 0.05) is 19.5 Å². The van der Waals surface area contributed by atoms with Crippen LogP contribution in [0.2, 0.25) is 0 Å². The number of aliphatic hydroxyl groups excluding tert-OH is 1. The molecule has 0 aromatic heterocycles. The summed E-state index contributed by atoms with van der Waals surface area (Å²) in [4.78, 5) is 21.8. The molecule has 20 heavy (non-hydrogen) atoms. The molecule has 2 unspecified atom stereocenters. The molecule has 2 atom stereocenters. The number of hydrogen-bond donors (Lipinski definition) is 4. The van der Waals surface area contributed by atoms with Crippen molar-refractivity contribution in [2.24, 2.45) is 0 Å². The number of carboxylic acids is 1. The summed E-state index contributed by atoms with van der Waals surface area (Å²) in [5, 5.41) is 22.7. The van der Waals surface area contributed by atoms with E-state index in [4.69, 9.17) is 10.2 Å². The molecule has 4 N–H and O–H groups in total. The number of carboxylic acid groups (broad SMARTS) is 1. The topological polar surface area (TPSA) is 98.7 Å². The van der Waals surface area contributed by atoms with E-state index in [9.17, 15) is 9.59 Å². The molecule has 0 saturated heterocycles. The second-order valence-electron chi connectivity index (χ2n) is 4.59. The molecule has 0 aliphatic rings. The maximum atomic E-state index is 11.5. The van der Waals surface area contributed by atoms with Crippen molar-refractivity contribution >= 4 is 12.0 Å². The minimum Gasteiger partial charge on any atom is -0.479 e. The molecule has 6 nitrogen and oxygen atoms in total. The van der Waals surface area contributed by atoms with Crippen molar-refractivity contribution in [3.8, 4) is 0 Å². The Labute approximate surface area is 117 Å². The van der Waals surface area contributed by atoms with Gasteiger partial charge in [0.05, 0.1) is 0 Å². The molecule has 1 aromatic rings. The summed E-state index contributed by atoms with van der Waals surface area (Å²) >= 11 is 0. The highest BCUT2D eigenvalue weighted by atomic mass is 16.4. The lowest BCUT2D eigenvalue weighted by Gasteiger charge is -2.14. The van der Waals surface area contributed by atoms with Crippen molar-refractivity contribution in [1.29, 1.82) is 0 Å². The molecular formula is C14H20N2O4. The zero-order chi connectivity index (χ0) is 15.0. The van der Waals surface area contributed by atoms with E-state index in [1.807, 2.05) is 37.3 Å². The molecule has 0 saturated carbocycles. The van der Waals surface area contributed by atoms with Crippen LogP contribution in [-0.2, 0) is 4.79 Å². The molecule has 0 fully saturated rings. The van der Waals surface area contributed by atoms with E-state index in [0.717, 1.165) is 5.56 Å². The number of nitrogens with one attached hydrogen (secondary N) is 2. The first kappa shape index (κ1) is 16.0. The maximum absolute atomic E-state index is 11.5. The van der Waals surface area contributed by atoms with Crippen molar-refractivity contribution in [1.82, 2.24) is 10.6 Å². The van der Waals surface area contributed by atoms with Gasteiger partial charge in [0.25, 0.3) is 0 Å². The third-order valence-corrected chi connectivity index (χ3v) is 2.93. The van der Waals surface area contributed by atoms with Crippen LogP contribution in [0.15, 0.2) is 30.3 Å². The zero-order valence-electron chi connectivity index (χ0n) is 11.4. The van der Waals surface area contributed by atoms with Crippen LogP contribution in [0.1, 0.15) is 24.8 Å². The highest BCUT2D eigenvalue weighted by molar-refractivity contribution is 5.74. The second kappa shape index (κ2) is 8.16. The fourth-order valence-electron chi connectivity index (χ4n) is 1.65. The van der Waals surface area contributed by atoms with Crippen molar-refractivity contribution < 1.29 is 19.8 Å². The number of hydrogen-bond acceptors (Lipinski definition) is 3. The Bertz CT molecular complexity index is 436. The Kier molecular flexibility index (Phi) is 6.52. The van der Waals surface area contributed by atoms with Gasteiger partial charge in [-0.05, 0) is 11.5 Å². The summed E-state index contributed by atoms with van der Waals surface area (Å²) in [6.45, 7) is 2.60. The molecule has 0 aliphatic heterocycles. The monoisotopic (exact) mass is 280 g/mol. The third-order valence-electron chi connectivity index (χ3n) is 2.93. The number of benzene rings is 1. The Morgan fingerprint density at radius 3 is 2.45 bits per heavy atom. The van der Waals surface area contributed by atoms with Gasteiger partial charge in [-0.1, -0.05) is 37.3 Å². The van der Waals surface area contributed by atoms with E-state index in [2.05, 4.69) is 10.6 Å². The van der Waals surface area contributed by atoms with Gasteiger partial charge in [-0.25, -0.2) is 9.59 Å². The van der Waals surface area contributed by atoms with Crippen LogP contribution in [-0.4, -0.2) is 41.4 Å². The van der Waals surface area contributed by atoms with Crippen molar-refractivity contribution in [3.63, 3.8) is 0 Å². The molecule has 2 amide bonds. The molecule has 0 heterocycles. The standard InChI is InChI=1S/C14H20N2O4/c1-10(11-5-3-2-4-6-11)9-16-14(20)15-8-7-12(17)13(18)19/h2-6,10,12,17H,7-9H2,1H3,(H,18,19)(H2,15,16,20). The Balaban J connectivity index is 2.22. The first-order valence-corrected chi connectivity index (χ1v) is 6.48. The van der Waals surface area contributed by atoms with Crippen LogP contribution in [0, 0.1) is 0 Å². The molecule has 110 valence electrons. The Hall–Kier alpha value is -2.08. The van der Waals surface area contributed by atoms with E-state index in [1.54, 1.807) is 0 Å². The molecule has 6 heteroatoms. The highest BCUT2D eigenvalue weighted by Gasteiger charge is 2.13. The molecule has 0 radical (unpaired) electrons. The predicted molar refractivity (Wildman–Crippen MR) is 74.5 cm³/mol. The van der Waals surface area contributed by atoms with Crippen LogP contribution < -0.4 is 10.6 Å². The van der Waals surface area contributed by atoms with Crippen LogP contribution in [0.25, 0.3) is 0 Å². The number of amides is 2. The van der Waals surface area contributed by atoms with E-state index >= 15 is 0 Å². The number of rotatable bonds is 7. The quantitative estimate of drug-likeness (QED) is 0.597. The lowest BCUT2D eigenvalue weighted by atomic mass is 10.0. The van der Waals surface area contributed by atoms with E-state index < -0.39 is 12.1 Å². The molecular weight excluding hydrogens is 260 g/mol. The molecule has 0 aliphatic carbocycles. The van der Waals surface area contributed by atoms with Gasteiger partial charge in [-0.2, -0.15) is 0 Å². The second-order valence-corrected chi connectivity index (χ2v) is 4.59. The molecule has 1 aromatic carbocycles. The average molecular weight is 280 g/mol. The summed E-state index contributed by atoms with van der Waals surface area (Å²) in [5.74, 6) is -1.10. The molecule has 0 spiro atoms. The van der Waals surface area contributed by atoms with Gasteiger partial charge in [0.1, 0.15) is 0 Å². The van der Waals surface area contributed by atoms with E-state index in [-0.39, 0.29) is 24.9 Å². The van der Waals surface area contributed by atoms with Crippen molar-refractivity contribution in [3.05, 3.63) is 35.9 Å². The van der Waals surface area contributed by atoms with Crippen LogP contribution in [0.5, 0.6) is 0 Å². The van der Waals surface area contributed by atoms with Gasteiger partial charge in [0.15, 0.2) is 6.10 Å². The van der Waals surface area contributed by atoms with Crippen molar-refractivity contribution in [2.45, 2.75) is 25.4 Å². The van der Waals surface area contributed by atoms with Gasteiger partial charge in [-0.15, -0.1) is 0 Å². The van der Waals surface area contributed by atoms with Gasteiger partial charge in [0.2, 0.25) is 0 Å². The summed E-state index contributed by atoms with van der Waals surface area (Å²) in [6, 6.07) is 9.44. The number of carbonyl (C=O) groups is 2. The third kappa shape index (κ3) is 5.71. The SMILES string of the molecule is CC(CNC(=O)NCCC(O)C(=O)O)c1ccccc1. The fraction of sp³-hybridized carbons (Fsp3) is 0.429.